The average molecular weight is 384 g/mol. The van der Waals surface area contributed by atoms with Crippen LogP contribution in [0.2, 0.25) is 0 Å². The lowest BCUT2D eigenvalue weighted by Crippen LogP contribution is -2.24. The van der Waals surface area contributed by atoms with Crippen LogP contribution in [0.1, 0.15) is 21.6 Å². The van der Waals surface area contributed by atoms with Gasteiger partial charge in [0.05, 0.1) is 24.8 Å². The molecule has 0 atom stereocenters. The monoisotopic (exact) mass is 384 g/mol. The second-order valence-corrected chi connectivity index (χ2v) is 6.47. The van der Waals surface area contributed by atoms with Crippen molar-refractivity contribution in [2.45, 2.75) is 13.1 Å². The van der Waals surface area contributed by atoms with Crippen LogP contribution < -0.4 is 10.6 Å². The van der Waals surface area contributed by atoms with Gasteiger partial charge in [0.15, 0.2) is 0 Å². The first-order chi connectivity index (χ1) is 14.3. The molecule has 0 spiro atoms. The molecule has 2 aromatic heterocycles. The van der Waals surface area contributed by atoms with Gasteiger partial charge in [-0.05, 0) is 29.8 Å². The number of nitrogens with one attached hydrogen (secondary N) is 2. The molecule has 0 aliphatic carbocycles. The number of hydrogen-bond acceptors (Lipinski definition) is 5. The molecule has 2 heterocycles. The number of pyridine rings is 1. The maximum Gasteiger partial charge on any atom is 0.255 e. The largest absolute Gasteiger partial charge is 0.346 e. The fourth-order valence-electron chi connectivity index (χ4n) is 2.88. The minimum atomic E-state index is -0.228. The second-order valence-electron chi connectivity index (χ2n) is 6.47. The predicted molar refractivity (Wildman–Crippen MR) is 111 cm³/mol. The van der Waals surface area contributed by atoms with E-state index >= 15 is 0 Å². The van der Waals surface area contributed by atoms with Gasteiger partial charge in [-0.25, -0.2) is 9.67 Å². The Morgan fingerprint density at radius 2 is 1.69 bits per heavy atom. The number of aromatic nitrogens is 4. The van der Waals surface area contributed by atoms with E-state index in [9.17, 15) is 4.79 Å². The minimum Gasteiger partial charge on any atom is -0.346 e. The summed E-state index contributed by atoms with van der Waals surface area (Å²) in [6.45, 7) is 0.919. The number of carbonyl (C=O) groups excluding carboxylic acids is 1. The topological polar surface area (TPSA) is 84.7 Å². The molecule has 2 N–H and O–H groups in total. The summed E-state index contributed by atoms with van der Waals surface area (Å²) in [5.74, 6) is 0.276. The van der Waals surface area contributed by atoms with Crippen molar-refractivity contribution in [3.63, 3.8) is 0 Å². The van der Waals surface area contributed by atoms with E-state index < -0.39 is 0 Å². The molecule has 0 radical (unpaired) electrons. The highest BCUT2D eigenvalue weighted by molar-refractivity contribution is 5.99. The van der Waals surface area contributed by atoms with Crippen molar-refractivity contribution in [3.05, 3.63) is 102 Å². The van der Waals surface area contributed by atoms with E-state index in [0.717, 1.165) is 11.3 Å². The van der Waals surface area contributed by atoms with Gasteiger partial charge in [0.1, 0.15) is 11.5 Å². The van der Waals surface area contributed by atoms with Gasteiger partial charge in [-0.3, -0.25) is 4.79 Å². The molecule has 2 aromatic carbocycles. The summed E-state index contributed by atoms with van der Waals surface area (Å²) < 4.78 is 1.75. The molecule has 0 aliphatic heterocycles. The Bertz CT molecular complexity index is 1080. The van der Waals surface area contributed by atoms with E-state index in [2.05, 4.69) is 25.9 Å². The minimum absolute atomic E-state index is 0.228. The molecule has 1 amide bonds. The van der Waals surface area contributed by atoms with Crippen LogP contribution in [-0.4, -0.2) is 25.9 Å². The number of benzene rings is 2. The van der Waals surface area contributed by atoms with E-state index in [0.29, 0.717) is 23.6 Å². The SMILES string of the molecule is O=C(NCc1cn(Cc2ccccc2)nn1)c1cccnc1Nc1ccccc1. The Morgan fingerprint density at radius 3 is 2.48 bits per heavy atom. The number of nitrogens with zero attached hydrogens (tertiary/aromatic N) is 4. The Labute approximate surface area is 168 Å². The molecule has 0 bridgehead atoms. The highest BCUT2D eigenvalue weighted by Gasteiger charge is 2.13. The summed E-state index contributed by atoms with van der Waals surface area (Å²) in [7, 11) is 0. The van der Waals surface area contributed by atoms with Gasteiger partial charge in [-0.1, -0.05) is 53.7 Å². The Balaban J connectivity index is 1.39. The number of hydrogen-bond donors (Lipinski definition) is 2. The van der Waals surface area contributed by atoms with Crippen molar-refractivity contribution >= 4 is 17.4 Å². The Morgan fingerprint density at radius 1 is 0.931 bits per heavy atom. The Kier molecular flexibility index (Phi) is 5.57. The molecule has 0 saturated carbocycles. The van der Waals surface area contributed by atoms with E-state index in [1.54, 1.807) is 23.0 Å². The van der Waals surface area contributed by atoms with Crippen LogP contribution in [0.5, 0.6) is 0 Å². The van der Waals surface area contributed by atoms with Crippen molar-refractivity contribution in [1.29, 1.82) is 0 Å². The third-order valence-corrected chi connectivity index (χ3v) is 4.29. The molecular formula is C22H20N6O. The normalized spacial score (nSPS) is 10.5. The standard InChI is InChI=1S/C22H20N6O/c29-22(20-12-7-13-23-21(20)25-18-10-5-2-6-11-18)24-14-19-16-28(27-26-19)15-17-8-3-1-4-9-17/h1-13,16H,14-15H2,(H,23,25)(H,24,29). The van der Waals surface area contributed by atoms with Crippen molar-refractivity contribution < 1.29 is 4.79 Å². The summed E-state index contributed by atoms with van der Waals surface area (Å²) in [6.07, 6.45) is 3.48. The highest BCUT2D eigenvalue weighted by atomic mass is 16.1. The van der Waals surface area contributed by atoms with Crippen molar-refractivity contribution in [2.75, 3.05) is 5.32 Å². The maximum absolute atomic E-state index is 12.7. The first-order valence-electron chi connectivity index (χ1n) is 9.26. The maximum atomic E-state index is 12.7. The second kappa shape index (κ2) is 8.79. The van der Waals surface area contributed by atoms with E-state index in [1.807, 2.05) is 66.9 Å². The summed E-state index contributed by atoms with van der Waals surface area (Å²) in [5, 5.41) is 14.3. The van der Waals surface area contributed by atoms with E-state index in [-0.39, 0.29) is 12.5 Å². The number of rotatable bonds is 7. The number of amides is 1. The van der Waals surface area contributed by atoms with Gasteiger partial charge >= 0.3 is 0 Å². The van der Waals surface area contributed by atoms with Gasteiger partial charge in [-0.2, -0.15) is 0 Å². The molecule has 0 unspecified atom stereocenters. The molecule has 0 aliphatic rings. The number of carbonyl (C=O) groups is 1. The number of para-hydroxylation sites is 1. The molecular weight excluding hydrogens is 364 g/mol. The molecule has 7 heteroatoms. The fourth-order valence-corrected chi connectivity index (χ4v) is 2.88. The van der Waals surface area contributed by atoms with Crippen molar-refractivity contribution in [1.82, 2.24) is 25.3 Å². The quantitative estimate of drug-likeness (QED) is 0.510. The molecule has 0 fully saturated rings. The van der Waals surface area contributed by atoms with E-state index in [1.165, 1.54) is 0 Å². The van der Waals surface area contributed by atoms with Gasteiger partial charge < -0.3 is 10.6 Å². The lowest BCUT2D eigenvalue weighted by Gasteiger charge is -2.10. The van der Waals surface area contributed by atoms with E-state index in [4.69, 9.17) is 0 Å². The van der Waals surface area contributed by atoms with Gasteiger partial charge in [0.2, 0.25) is 0 Å². The molecule has 29 heavy (non-hydrogen) atoms. The first kappa shape index (κ1) is 18.4. The van der Waals surface area contributed by atoms with Crippen LogP contribution >= 0.6 is 0 Å². The average Bonchev–Trinajstić information content (AvgIpc) is 3.21. The third-order valence-electron chi connectivity index (χ3n) is 4.29. The Hall–Kier alpha value is -4.00. The lowest BCUT2D eigenvalue weighted by molar-refractivity contribution is 0.0951. The lowest BCUT2D eigenvalue weighted by atomic mass is 10.2. The summed E-state index contributed by atoms with van der Waals surface area (Å²) in [4.78, 5) is 17.0. The molecule has 7 nitrogen and oxygen atoms in total. The van der Waals surface area contributed by atoms with Crippen LogP contribution in [-0.2, 0) is 13.1 Å². The zero-order valence-corrected chi connectivity index (χ0v) is 15.7. The van der Waals surface area contributed by atoms with Crippen LogP contribution in [0.25, 0.3) is 0 Å². The zero-order valence-electron chi connectivity index (χ0n) is 15.7. The summed E-state index contributed by atoms with van der Waals surface area (Å²) in [6, 6.07) is 23.1. The van der Waals surface area contributed by atoms with Gasteiger partial charge in [0, 0.05) is 11.9 Å². The predicted octanol–water partition coefficient (Wildman–Crippen LogP) is 3.40. The first-order valence-corrected chi connectivity index (χ1v) is 9.26. The van der Waals surface area contributed by atoms with Crippen LogP contribution in [0, 0.1) is 0 Å². The highest BCUT2D eigenvalue weighted by Crippen LogP contribution is 2.18. The molecule has 0 saturated heterocycles. The van der Waals surface area contributed by atoms with Crippen molar-refractivity contribution in [2.24, 2.45) is 0 Å². The zero-order chi connectivity index (χ0) is 19.9. The molecule has 4 rings (SSSR count). The summed E-state index contributed by atoms with van der Waals surface area (Å²) in [5.41, 5.74) is 3.16. The smallest absolute Gasteiger partial charge is 0.255 e. The molecule has 4 aromatic rings. The van der Waals surface area contributed by atoms with Crippen LogP contribution in [0.15, 0.2) is 85.2 Å². The summed E-state index contributed by atoms with van der Waals surface area (Å²) >= 11 is 0. The van der Waals surface area contributed by atoms with Crippen LogP contribution in [0.4, 0.5) is 11.5 Å². The van der Waals surface area contributed by atoms with Gasteiger partial charge in [0.25, 0.3) is 5.91 Å². The number of anilines is 2. The third kappa shape index (κ3) is 4.84. The van der Waals surface area contributed by atoms with Crippen LogP contribution in [0.3, 0.4) is 0 Å². The van der Waals surface area contributed by atoms with Gasteiger partial charge in [-0.15, -0.1) is 5.10 Å². The molecule has 144 valence electrons. The van der Waals surface area contributed by atoms with Crippen molar-refractivity contribution in [3.8, 4) is 0 Å². The fraction of sp³-hybridized carbons (Fsp3) is 0.0909.